The minimum atomic E-state index is -0.906. The van der Waals surface area contributed by atoms with Gasteiger partial charge in [0.05, 0.1) is 6.07 Å². The average molecular weight is 264 g/mol. The summed E-state index contributed by atoms with van der Waals surface area (Å²) >= 11 is 0. The maximum Gasteiger partial charge on any atom is 0.276 e. The predicted octanol–water partition coefficient (Wildman–Crippen LogP) is 1.40. The molecule has 0 aliphatic heterocycles. The molecule has 0 atom stereocenters. The van der Waals surface area contributed by atoms with Gasteiger partial charge in [0.25, 0.3) is 11.5 Å². The van der Waals surface area contributed by atoms with Gasteiger partial charge in [-0.25, -0.2) is 0 Å². The standard InChI is InChI=1S/C13H20N4O2/c1-4-7-17-8-10(12(19)16-17)11(18)15-13(5-2,6-3)9-14/h8H,4-7H2,1-3H3,(H,15,18)(H,16,19). The van der Waals surface area contributed by atoms with Crippen LogP contribution >= 0.6 is 0 Å². The third-order valence-corrected chi connectivity index (χ3v) is 3.26. The van der Waals surface area contributed by atoms with Crippen molar-refractivity contribution >= 4 is 5.91 Å². The molecule has 1 aromatic rings. The highest BCUT2D eigenvalue weighted by atomic mass is 16.2. The molecule has 1 rings (SSSR count). The van der Waals surface area contributed by atoms with Crippen LogP contribution in [-0.2, 0) is 6.54 Å². The Morgan fingerprint density at radius 3 is 2.58 bits per heavy atom. The SMILES string of the molecule is CCCn1cc(C(=O)NC(C#N)(CC)CC)c(=O)[nH]1. The van der Waals surface area contributed by atoms with Gasteiger partial charge in [-0.3, -0.25) is 19.4 Å². The van der Waals surface area contributed by atoms with Gasteiger partial charge >= 0.3 is 0 Å². The van der Waals surface area contributed by atoms with E-state index in [4.69, 9.17) is 0 Å². The fourth-order valence-electron chi connectivity index (χ4n) is 1.86. The van der Waals surface area contributed by atoms with Crippen molar-refractivity contribution in [1.82, 2.24) is 15.1 Å². The van der Waals surface area contributed by atoms with E-state index >= 15 is 0 Å². The second-order valence-electron chi connectivity index (χ2n) is 4.53. The number of amides is 1. The van der Waals surface area contributed by atoms with Crippen LogP contribution in [0.3, 0.4) is 0 Å². The number of hydrogen-bond donors (Lipinski definition) is 2. The molecule has 0 spiro atoms. The van der Waals surface area contributed by atoms with Gasteiger partial charge in [0.1, 0.15) is 11.1 Å². The molecule has 0 aromatic carbocycles. The summed E-state index contributed by atoms with van der Waals surface area (Å²) < 4.78 is 1.59. The monoisotopic (exact) mass is 264 g/mol. The molecule has 0 saturated heterocycles. The molecule has 0 aliphatic rings. The van der Waals surface area contributed by atoms with Crippen LogP contribution in [0.15, 0.2) is 11.0 Å². The number of nitrogens with one attached hydrogen (secondary N) is 2. The Morgan fingerprint density at radius 1 is 1.47 bits per heavy atom. The Labute approximate surface area is 112 Å². The number of carbonyl (C=O) groups excluding carboxylic acids is 1. The molecule has 1 amide bonds. The molecule has 0 radical (unpaired) electrons. The number of rotatable bonds is 6. The van der Waals surface area contributed by atoms with Crippen LogP contribution in [-0.4, -0.2) is 21.2 Å². The van der Waals surface area contributed by atoms with E-state index in [0.717, 1.165) is 6.42 Å². The first kappa shape index (κ1) is 15.0. The van der Waals surface area contributed by atoms with Crippen LogP contribution in [0.1, 0.15) is 50.4 Å². The molecule has 0 aliphatic carbocycles. The van der Waals surface area contributed by atoms with Crippen molar-refractivity contribution < 1.29 is 4.79 Å². The van der Waals surface area contributed by atoms with Crippen molar-refractivity contribution in [2.24, 2.45) is 0 Å². The van der Waals surface area contributed by atoms with Crippen molar-refractivity contribution in [1.29, 1.82) is 5.26 Å². The number of aromatic nitrogens is 2. The van der Waals surface area contributed by atoms with Crippen LogP contribution in [0.2, 0.25) is 0 Å². The van der Waals surface area contributed by atoms with Gasteiger partial charge in [-0.15, -0.1) is 0 Å². The maximum absolute atomic E-state index is 12.1. The number of H-pyrrole nitrogens is 1. The van der Waals surface area contributed by atoms with Crippen LogP contribution < -0.4 is 10.9 Å². The zero-order valence-corrected chi connectivity index (χ0v) is 11.6. The fraction of sp³-hybridized carbons (Fsp3) is 0.615. The van der Waals surface area contributed by atoms with Crippen molar-refractivity contribution in [2.75, 3.05) is 0 Å². The van der Waals surface area contributed by atoms with E-state index in [2.05, 4.69) is 16.5 Å². The number of carbonyl (C=O) groups is 1. The lowest BCUT2D eigenvalue weighted by molar-refractivity contribution is 0.0914. The average Bonchev–Trinajstić information content (AvgIpc) is 2.77. The third-order valence-electron chi connectivity index (χ3n) is 3.26. The summed E-state index contributed by atoms with van der Waals surface area (Å²) in [7, 11) is 0. The molecule has 1 aromatic heterocycles. The molecule has 19 heavy (non-hydrogen) atoms. The summed E-state index contributed by atoms with van der Waals surface area (Å²) in [5, 5.41) is 14.4. The van der Waals surface area contributed by atoms with E-state index in [1.807, 2.05) is 20.8 Å². The Bertz CT molecular complexity index is 532. The van der Waals surface area contributed by atoms with Crippen LogP contribution in [0.4, 0.5) is 0 Å². The zero-order valence-electron chi connectivity index (χ0n) is 11.6. The van der Waals surface area contributed by atoms with Crippen molar-refractivity contribution in [2.45, 2.75) is 52.1 Å². The molecule has 0 fully saturated rings. The summed E-state index contributed by atoms with van der Waals surface area (Å²) in [5.41, 5.74) is -1.28. The van der Waals surface area contributed by atoms with Crippen molar-refractivity contribution in [3.8, 4) is 6.07 Å². The summed E-state index contributed by atoms with van der Waals surface area (Å²) in [5.74, 6) is -0.499. The van der Waals surface area contributed by atoms with E-state index in [9.17, 15) is 14.9 Å². The largest absolute Gasteiger partial charge is 0.333 e. The maximum atomic E-state index is 12.1. The first-order chi connectivity index (χ1) is 9.01. The van der Waals surface area contributed by atoms with Crippen LogP contribution in [0.25, 0.3) is 0 Å². The summed E-state index contributed by atoms with van der Waals surface area (Å²) in [4.78, 5) is 23.8. The lowest BCUT2D eigenvalue weighted by atomic mass is 9.94. The smallest absolute Gasteiger partial charge is 0.276 e. The number of nitriles is 1. The topological polar surface area (TPSA) is 90.7 Å². The molecule has 1 heterocycles. The molecule has 6 heteroatoms. The normalized spacial score (nSPS) is 11.1. The quantitative estimate of drug-likeness (QED) is 0.813. The predicted molar refractivity (Wildman–Crippen MR) is 71.7 cm³/mol. The highest BCUT2D eigenvalue weighted by molar-refractivity contribution is 5.94. The summed E-state index contributed by atoms with van der Waals surface area (Å²) in [6.45, 7) is 6.29. The van der Waals surface area contributed by atoms with Gasteiger partial charge in [-0.05, 0) is 19.3 Å². The Morgan fingerprint density at radius 2 is 2.11 bits per heavy atom. The zero-order chi connectivity index (χ0) is 14.5. The van der Waals surface area contributed by atoms with E-state index < -0.39 is 17.0 Å². The van der Waals surface area contributed by atoms with E-state index in [-0.39, 0.29) is 5.56 Å². The van der Waals surface area contributed by atoms with Gasteiger partial charge in [0.2, 0.25) is 0 Å². The minimum Gasteiger partial charge on any atom is -0.333 e. The van der Waals surface area contributed by atoms with Crippen molar-refractivity contribution in [3.63, 3.8) is 0 Å². The second kappa shape index (κ2) is 6.23. The number of aryl methyl sites for hydroxylation is 1. The molecular weight excluding hydrogens is 244 g/mol. The number of aromatic amines is 1. The van der Waals surface area contributed by atoms with Crippen molar-refractivity contribution in [3.05, 3.63) is 22.1 Å². The second-order valence-corrected chi connectivity index (χ2v) is 4.53. The highest BCUT2D eigenvalue weighted by Crippen LogP contribution is 2.14. The molecule has 0 bridgehead atoms. The lowest BCUT2D eigenvalue weighted by Crippen LogP contribution is -2.47. The number of hydrogen-bond acceptors (Lipinski definition) is 3. The molecule has 6 nitrogen and oxygen atoms in total. The van der Waals surface area contributed by atoms with Gasteiger partial charge in [0.15, 0.2) is 0 Å². The van der Waals surface area contributed by atoms with Gasteiger partial charge in [-0.2, -0.15) is 5.26 Å². The molecule has 0 saturated carbocycles. The Balaban J connectivity index is 2.95. The lowest BCUT2D eigenvalue weighted by Gasteiger charge is -2.24. The molecule has 104 valence electrons. The van der Waals surface area contributed by atoms with Gasteiger partial charge in [-0.1, -0.05) is 20.8 Å². The van der Waals surface area contributed by atoms with Gasteiger partial charge in [0, 0.05) is 12.7 Å². The van der Waals surface area contributed by atoms with Crippen LogP contribution in [0.5, 0.6) is 0 Å². The van der Waals surface area contributed by atoms with E-state index in [0.29, 0.717) is 19.4 Å². The molecule has 2 N–H and O–H groups in total. The molecular formula is C13H20N4O2. The fourth-order valence-corrected chi connectivity index (χ4v) is 1.86. The first-order valence-electron chi connectivity index (χ1n) is 6.55. The minimum absolute atomic E-state index is 0.0509. The Hall–Kier alpha value is -2.03. The van der Waals surface area contributed by atoms with Gasteiger partial charge < -0.3 is 5.32 Å². The summed E-state index contributed by atoms with van der Waals surface area (Å²) in [6.07, 6.45) is 3.35. The molecule has 0 unspecified atom stereocenters. The first-order valence-corrected chi connectivity index (χ1v) is 6.55. The highest BCUT2D eigenvalue weighted by Gasteiger charge is 2.29. The third kappa shape index (κ3) is 3.25. The van der Waals surface area contributed by atoms with E-state index in [1.54, 1.807) is 4.68 Å². The summed E-state index contributed by atoms with van der Waals surface area (Å²) in [6, 6.07) is 2.12. The Kier molecular flexibility index (Phi) is 4.93. The number of nitrogens with zero attached hydrogens (tertiary/aromatic N) is 2. The van der Waals surface area contributed by atoms with Crippen LogP contribution in [0, 0.1) is 11.3 Å². The van der Waals surface area contributed by atoms with E-state index in [1.165, 1.54) is 6.20 Å².